The molecule has 2 rings (SSSR count). The maximum absolute atomic E-state index is 6.11. The van der Waals surface area contributed by atoms with Gasteiger partial charge in [-0.15, -0.1) is 0 Å². The molecule has 5 heteroatoms. The zero-order valence-corrected chi connectivity index (χ0v) is 9.89. The van der Waals surface area contributed by atoms with Crippen molar-refractivity contribution >= 4 is 22.5 Å². The highest BCUT2D eigenvalue weighted by Gasteiger charge is 2.16. The predicted octanol–water partition coefficient (Wildman–Crippen LogP) is 2.30. The second kappa shape index (κ2) is 4.23. The summed E-state index contributed by atoms with van der Waals surface area (Å²) in [6.07, 6.45) is 1.84. The quantitative estimate of drug-likeness (QED) is 0.866. The minimum Gasteiger partial charge on any atom is -0.494 e. The van der Waals surface area contributed by atoms with Crippen LogP contribution in [0.2, 0.25) is 5.02 Å². The Morgan fingerprint density at radius 2 is 2.12 bits per heavy atom. The Bertz CT molecular complexity index is 522. The number of halogens is 1. The van der Waals surface area contributed by atoms with Crippen molar-refractivity contribution in [3.05, 3.63) is 22.8 Å². The van der Waals surface area contributed by atoms with Crippen LogP contribution in [-0.4, -0.2) is 19.2 Å². The first-order valence-electron chi connectivity index (χ1n) is 4.83. The predicted molar refractivity (Wildman–Crippen MR) is 64.3 cm³/mol. The highest BCUT2D eigenvalue weighted by atomic mass is 35.5. The Balaban J connectivity index is 2.85. The van der Waals surface area contributed by atoms with Crippen LogP contribution < -0.4 is 15.2 Å². The zero-order valence-electron chi connectivity index (χ0n) is 9.13. The molecule has 0 radical (unpaired) electrons. The van der Waals surface area contributed by atoms with Crippen LogP contribution in [0.1, 0.15) is 5.56 Å². The molecule has 0 aliphatic rings. The largest absolute Gasteiger partial charge is 0.494 e. The van der Waals surface area contributed by atoms with Gasteiger partial charge in [-0.25, -0.2) is 0 Å². The van der Waals surface area contributed by atoms with Gasteiger partial charge in [0.15, 0.2) is 0 Å². The molecule has 2 aromatic rings. The number of aromatic nitrogens is 1. The van der Waals surface area contributed by atoms with E-state index in [1.165, 1.54) is 0 Å². The number of fused-ring (bicyclic) bond motifs is 1. The fourth-order valence-electron chi connectivity index (χ4n) is 1.81. The molecule has 0 unspecified atom stereocenters. The van der Waals surface area contributed by atoms with E-state index in [1.54, 1.807) is 20.3 Å². The van der Waals surface area contributed by atoms with Crippen molar-refractivity contribution in [2.24, 2.45) is 5.73 Å². The Morgan fingerprint density at radius 1 is 1.38 bits per heavy atom. The normalized spacial score (nSPS) is 10.8. The van der Waals surface area contributed by atoms with Gasteiger partial charge in [0.05, 0.1) is 30.1 Å². The van der Waals surface area contributed by atoms with Gasteiger partial charge >= 0.3 is 0 Å². The van der Waals surface area contributed by atoms with Gasteiger partial charge < -0.3 is 20.2 Å². The Kier molecular flexibility index (Phi) is 2.94. The number of benzene rings is 1. The molecule has 1 heterocycles. The molecule has 0 aliphatic heterocycles. The van der Waals surface area contributed by atoms with Gasteiger partial charge in [0.2, 0.25) is 0 Å². The molecule has 0 aliphatic carbocycles. The highest BCUT2D eigenvalue weighted by Crippen LogP contribution is 2.40. The van der Waals surface area contributed by atoms with Crippen LogP contribution in [0.25, 0.3) is 10.9 Å². The number of hydrogen-bond acceptors (Lipinski definition) is 3. The number of rotatable bonds is 3. The van der Waals surface area contributed by atoms with Crippen LogP contribution in [-0.2, 0) is 6.54 Å². The highest BCUT2D eigenvalue weighted by molar-refractivity contribution is 6.33. The summed E-state index contributed by atoms with van der Waals surface area (Å²) in [6, 6.07) is 1.72. The van der Waals surface area contributed by atoms with Gasteiger partial charge in [-0.3, -0.25) is 0 Å². The fourth-order valence-corrected chi connectivity index (χ4v) is 2.08. The zero-order chi connectivity index (χ0) is 11.7. The smallest absolute Gasteiger partial charge is 0.147 e. The van der Waals surface area contributed by atoms with E-state index >= 15 is 0 Å². The summed E-state index contributed by atoms with van der Waals surface area (Å²) in [5, 5.41) is 1.40. The van der Waals surface area contributed by atoms with Gasteiger partial charge in [0.25, 0.3) is 0 Å². The third-order valence-electron chi connectivity index (χ3n) is 2.55. The molecule has 1 aromatic heterocycles. The Labute approximate surface area is 98.3 Å². The summed E-state index contributed by atoms with van der Waals surface area (Å²) < 4.78 is 10.5. The van der Waals surface area contributed by atoms with Gasteiger partial charge in [-0.05, 0) is 5.56 Å². The molecular weight excluding hydrogens is 228 g/mol. The van der Waals surface area contributed by atoms with Crippen LogP contribution in [0.15, 0.2) is 12.3 Å². The van der Waals surface area contributed by atoms with E-state index in [9.17, 15) is 0 Å². The van der Waals surface area contributed by atoms with Crippen molar-refractivity contribution in [1.29, 1.82) is 0 Å². The van der Waals surface area contributed by atoms with E-state index in [0.717, 1.165) is 16.5 Å². The maximum atomic E-state index is 6.11. The lowest BCUT2D eigenvalue weighted by atomic mass is 10.1. The minimum atomic E-state index is 0.417. The fraction of sp³-hybridized carbons (Fsp3) is 0.273. The molecule has 16 heavy (non-hydrogen) atoms. The van der Waals surface area contributed by atoms with Crippen LogP contribution in [0.5, 0.6) is 11.5 Å². The molecule has 0 atom stereocenters. The van der Waals surface area contributed by atoms with E-state index < -0.39 is 0 Å². The molecule has 1 aromatic carbocycles. The molecule has 0 spiro atoms. The maximum Gasteiger partial charge on any atom is 0.147 e. The average molecular weight is 241 g/mol. The van der Waals surface area contributed by atoms with Crippen molar-refractivity contribution in [2.45, 2.75) is 6.54 Å². The van der Waals surface area contributed by atoms with Gasteiger partial charge in [-0.2, -0.15) is 0 Å². The van der Waals surface area contributed by atoms with Gasteiger partial charge in [-0.1, -0.05) is 11.6 Å². The standard InChI is InChI=1S/C11H13ClN2O2/c1-15-8-3-7(12)11(16-2)9-6(4-13)5-14-10(8)9/h3,5,14H,4,13H2,1-2H3. The van der Waals surface area contributed by atoms with E-state index in [4.69, 9.17) is 26.8 Å². The van der Waals surface area contributed by atoms with Crippen LogP contribution in [0, 0.1) is 0 Å². The lowest BCUT2D eigenvalue weighted by Crippen LogP contribution is -1.96. The topological polar surface area (TPSA) is 60.3 Å². The van der Waals surface area contributed by atoms with E-state index in [0.29, 0.717) is 23.1 Å². The molecule has 0 amide bonds. The Hall–Kier alpha value is -1.39. The van der Waals surface area contributed by atoms with Crippen LogP contribution in [0.3, 0.4) is 0 Å². The summed E-state index contributed by atoms with van der Waals surface area (Å²) in [7, 11) is 3.18. The number of nitrogens with one attached hydrogen (secondary N) is 1. The molecule has 0 saturated carbocycles. The SMILES string of the molecule is COc1cc(Cl)c(OC)c2c(CN)c[nH]c12. The third-order valence-corrected chi connectivity index (χ3v) is 2.83. The molecule has 0 bridgehead atoms. The van der Waals surface area contributed by atoms with E-state index in [1.807, 2.05) is 6.20 Å². The number of ether oxygens (including phenoxy) is 2. The Morgan fingerprint density at radius 3 is 2.69 bits per heavy atom. The summed E-state index contributed by atoms with van der Waals surface area (Å²) in [5.41, 5.74) is 7.47. The summed E-state index contributed by atoms with van der Waals surface area (Å²) in [4.78, 5) is 3.12. The summed E-state index contributed by atoms with van der Waals surface area (Å²) >= 11 is 6.11. The minimum absolute atomic E-state index is 0.417. The van der Waals surface area contributed by atoms with Crippen molar-refractivity contribution in [2.75, 3.05) is 14.2 Å². The average Bonchev–Trinajstić information content (AvgIpc) is 2.71. The monoisotopic (exact) mass is 240 g/mol. The van der Waals surface area contributed by atoms with Crippen LogP contribution >= 0.6 is 11.6 Å². The number of H-pyrrole nitrogens is 1. The molecule has 86 valence electrons. The number of aromatic amines is 1. The van der Waals surface area contributed by atoms with Crippen molar-refractivity contribution < 1.29 is 9.47 Å². The van der Waals surface area contributed by atoms with Gasteiger partial charge in [0.1, 0.15) is 11.5 Å². The number of methoxy groups -OCH3 is 2. The van der Waals surface area contributed by atoms with Crippen molar-refractivity contribution in [3.63, 3.8) is 0 Å². The van der Waals surface area contributed by atoms with E-state index in [-0.39, 0.29) is 0 Å². The van der Waals surface area contributed by atoms with Gasteiger partial charge in [0, 0.05) is 18.8 Å². The lowest BCUT2D eigenvalue weighted by molar-refractivity contribution is 0.410. The molecule has 4 nitrogen and oxygen atoms in total. The molecule has 0 saturated heterocycles. The third kappa shape index (κ3) is 1.50. The first-order valence-corrected chi connectivity index (χ1v) is 5.21. The van der Waals surface area contributed by atoms with Crippen molar-refractivity contribution in [1.82, 2.24) is 4.98 Å². The number of hydrogen-bond donors (Lipinski definition) is 2. The first-order chi connectivity index (χ1) is 7.72. The molecule has 0 fully saturated rings. The summed E-state index contributed by atoms with van der Waals surface area (Å²) in [5.74, 6) is 1.31. The van der Waals surface area contributed by atoms with Crippen LogP contribution in [0.4, 0.5) is 0 Å². The second-order valence-corrected chi connectivity index (χ2v) is 3.77. The first kappa shape index (κ1) is 11.1. The number of nitrogens with two attached hydrogens (primary N) is 1. The molecular formula is C11H13ClN2O2. The second-order valence-electron chi connectivity index (χ2n) is 3.36. The van der Waals surface area contributed by atoms with E-state index in [2.05, 4.69) is 4.98 Å². The van der Waals surface area contributed by atoms with Crippen molar-refractivity contribution in [3.8, 4) is 11.5 Å². The lowest BCUT2D eigenvalue weighted by Gasteiger charge is -2.09. The summed E-state index contributed by atoms with van der Waals surface area (Å²) in [6.45, 7) is 0.417. The molecule has 3 N–H and O–H groups in total.